The number of carbonyl (C=O) groups is 1. The van der Waals surface area contributed by atoms with Gasteiger partial charge in [-0.1, -0.05) is 65.8 Å². The van der Waals surface area contributed by atoms with E-state index >= 15 is 0 Å². The Morgan fingerprint density at radius 1 is 0.900 bits per heavy atom. The molecule has 0 aliphatic heterocycles. The summed E-state index contributed by atoms with van der Waals surface area (Å²) < 4.78 is 33.9. The number of nitrogens with zero attached hydrogens (tertiary/aromatic N) is 5. The topological polar surface area (TPSA) is 133 Å². The van der Waals surface area contributed by atoms with Gasteiger partial charge in [0.2, 0.25) is 5.82 Å². The molecule has 6 aromatic rings. The van der Waals surface area contributed by atoms with Crippen LogP contribution in [0.3, 0.4) is 0 Å². The van der Waals surface area contributed by atoms with Crippen LogP contribution in [0.25, 0.3) is 44.7 Å². The summed E-state index contributed by atoms with van der Waals surface area (Å²) >= 11 is 1.59. The van der Waals surface area contributed by atoms with Crippen molar-refractivity contribution in [3.63, 3.8) is 0 Å². The summed E-state index contributed by atoms with van der Waals surface area (Å²) in [7, 11) is -2.49. The zero-order chi connectivity index (χ0) is 27.7. The zero-order valence-electron chi connectivity index (χ0n) is 20.9. The van der Waals surface area contributed by atoms with Crippen molar-refractivity contribution in [3.8, 4) is 44.7 Å². The summed E-state index contributed by atoms with van der Waals surface area (Å²) in [5.74, 6) is -0.244. The maximum atomic E-state index is 12.7. The lowest BCUT2D eigenvalue weighted by Crippen LogP contribution is -2.30. The molecule has 12 heteroatoms. The van der Waals surface area contributed by atoms with Gasteiger partial charge in [0, 0.05) is 46.4 Å². The highest BCUT2D eigenvalue weighted by molar-refractivity contribution is 7.90. The largest absolute Gasteiger partial charge is 0.339 e. The summed E-state index contributed by atoms with van der Waals surface area (Å²) in [6, 6.07) is 24.0. The lowest BCUT2D eigenvalue weighted by molar-refractivity contribution is 0.0981. The molecule has 3 heterocycles. The highest BCUT2D eigenvalue weighted by atomic mass is 32.2. The van der Waals surface area contributed by atoms with E-state index in [1.54, 1.807) is 30.5 Å². The Kier molecular flexibility index (Phi) is 6.54. The van der Waals surface area contributed by atoms with E-state index in [4.69, 9.17) is 9.51 Å². The van der Waals surface area contributed by atoms with Gasteiger partial charge < -0.3 is 9.09 Å². The van der Waals surface area contributed by atoms with Crippen molar-refractivity contribution in [1.29, 1.82) is 0 Å². The lowest BCUT2D eigenvalue weighted by atomic mass is 10.1. The zero-order valence-corrected chi connectivity index (χ0v) is 22.6. The van der Waals surface area contributed by atoms with Crippen molar-refractivity contribution < 1.29 is 17.7 Å². The van der Waals surface area contributed by atoms with Crippen LogP contribution in [-0.2, 0) is 17.1 Å². The van der Waals surface area contributed by atoms with Gasteiger partial charge in [-0.3, -0.25) is 4.79 Å². The first-order valence-corrected chi connectivity index (χ1v) is 14.3. The van der Waals surface area contributed by atoms with Crippen molar-refractivity contribution in [2.75, 3.05) is 0 Å². The molecule has 198 valence electrons. The average molecular weight is 569 g/mol. The van der Waals surface area contributed by atoms with E-state index in [0.29, 0.717) is 11.4 Å². The van der Waals surface area contributed by atoms with Gasteiger partial charge in [-0.2, -0.15) is 13.4 Å². The number of carbonyl (C=O) groups excluding carboxylic acids is 1. The third kappa shape index (κ3) is 5.17. The first-order valence-electron chi connectivity index (χ1n) is 12.0. The standard InChI is InChI=1S/C28H20N6O4S2/c1-34-15-24(29-17-34)40(36,37)33-26(35)21-8-5-9-22(14-21)27-31-25(32-38-27)19-12-10-18(11-13-19)23-16-39-28(30-23)20-6-3-2-4-7-20/h2-17H,1H3,(H,33,35). The van der Waals surface area contributed by atoms with Crippen LogP contribution < -0.4 is 4.72 Å². The number of imidazole rings is 1. The number of rotatable bonds is 7. The highest BCUT2D eigenvalue weighted by Crippen LogP contribution is 2.30. The Morgan fingerprint density at radius 2 is 1.65 bits per heavy atom. The number of hydrogen-bond donors (Lipinski definition) is 1. The number of aromatic nitrogens is 5. The second kappa shape index (κ2) is 10.3. The number of hydrogen-bond acceptors (Lipinski definition) is 9. The molecule has 3 aromatic heterocycles. The van der Waals surface area contributed by atoms with Gasteiger partial charge in [0.15, 0.2) is 5.03 Å². The molecule has 0 radical (unpaired) electrons. The minimum absolute atomic E-state index is 0.110. The van der Waals surface area contributed by atoms with E-state index < -0.39 is 15.9 Å². The van der Waals surface area contributed by atoms with Gasteiger partial charge in [0.05, 0.1) is 12.0 Å². The third-order valence-corrected chi connectivity index (χ3v) is 8.05. The first kappa shape index (κ1) is 25.3. The Hall–Kier alpha value is -4.94. The molecule has 0 unspecified atom stereocenters. The molecular weight excluding hydrogens is 548 g/mol. The quantitative estimate of drug-likeness (QED) is 0.283. The van der Waals surface area contributed by atoms with Gasteiger partial charge in [-0.15, -0.1) is 11.3 Å². The number of nitrogens with one attached hydrogen (secondary N) is 1. The summed E-state index contributed by atoms with van der Waals surface area (Å²) in [4.78, 5) is 25.7. The summed E-state index contributed by atoms with van der Waals surface area (Å²) in [5, 5.41) is 6.80. The Morgan fingerprint density at radius 3 is 2.40 bits per heavy atom. The SMILES string of the molecule is Cn1cnc(S(=O)(=O)NC(=O)c2cccc(-c3nc(-c4ccc(-c5csc(-c6ccccc6)n5)cc4)no3)c2)c1. The van der Waals surface area contributed by atoms with Gasteiger partial charge >= 0.3 is 0 Å². The van der Waals surface area contributed by atoms with Crippen molar-refractivity contribution in [3.05, 3.63) is 102 Å². The van der Waals surface area contributed by atoms with E-state index in [9.17, 15) is 13.2 Å². The molecule has 0 aliphatic rings. The number of aryl methyl sites for hydroxylation is 1. The molecule has 6 rings (SSSR count). The van der Waals surface area contributed by atoms with E-state index in [1.165, 1.54) is 29.2 Å². The van der Waals surface area contributed by atoms with E-state index in [-0.39, 0.29) is 16.5 Å². The Bertz CT molecular complexity index is 1930. The molecule has 0 bridgehead atoms. The number of thiazole rings is 1. The van der Waals surface area contributed by atoms with Gasteiger partial charge in [-0.25, -0.2) is 14.7 Å². The van der Waals surface area contributed by atoms with E-state index in [1.807, 2.05) is 64.7 Å². The predicted octanol–water partition coefficient (Wildman–Crippen LogP) is 5.05. The molecule has 10 nitrogen and oxygen atoms in total. The number of sulfonamides is 1. The number of amides is 1. The molecule has 1 amide bonds. The molecule has 3 aromatic carbocycles. The minimum atomic E-state index is -4.12. The molecule has 0 spiro atoms. The highest BCUT2D eigenvalue weighted by Gasteiger charge is 2.22. The molecule has 0 saturated heterocycles. The fourth-order valence-corrected chi connectivity index (χ4v) is 5.71. The first-order chi connectivity index (χ1) is 19.4. The maximum Gasteiger partial charge on any atom is 0.283 e. The molecule has 0 saturated carbocycles. The Balaban J connectivity index is 1.18. The van der Waals surface area contributed by atoms with Crippen molar-refractivity contribution in [2.24, 2.45) is 7.05 Å². The second-order valence-electron chi connectivity index (χ2n) is 8.80. The molecule has 1 N–H and O–H groups in total. The van der Waals surface area contributed by atoms with Gasteiger partial charge in [0.25, 0.3) is 21.8 Å². The predicted molar refractivity (Wildman–Crippen MR) is 150 cm³/mol. The van der Waals surface area contributed by atoms with Crippen LogP contribution in [0.1, 0.15) is 10.4 Å². The molecule has 40 heavy (non-hydrogen) atoms. The van der Waals surface area contributed by atoms with Crippen LogP contribution in [0.4, 0.5) is 0 Å². The summed E-state index contributed by atoms with van der Waals surface area (Å²) in [6.07, 6.45) is 2.64. The molecular formula is C28H20N6O4S2. The molecule has 0 aliphatic carbocycles. The van der Waals surface area contributed by atoms with Crippen LogP contribution in [0, 0.1) is 0 Å². The van der Waals surface area contributed by atoms with Crippen molar-refractivity contribution in [2.45, 2.75) is 5.03 Å². The molecule has 0 atom stereocenters. The monoisotopic (exact) mass is 568 g/mol. The average Bonchev–Trinajstić information content (AvgIpc) is 3.75. The third-order valence-electron chi connectivity index (χ3n) is 5.95. The second-order valence-corrected chi connectivity index (χ2v) is 11.3. The van der Waals surface area contributed by atoms with Crippen molar-refractivity contribution in [1.82, 2.24) is 29.4 Å². The van der Waals surface area contributed by atoms with Crippen LogP contribution in [0.15, 0.2) is 106 Å². The maximum absolute atomic E-state index is 12.7. The molecule has 0 fully saturated rings. The number of benzene rings is 3. The summed E-state index contributed by atoms with van der Waals surface area (Å²) in [6.45, 7) is 0. The fraction of sp³-hybridized carbons (Fsp3) is 0.0357. The minimum Gasteiger partial charge on any atom is -0.339 e. The van der Waals surface area contributed by atoms with Crippen LogP contribution in [0.5, 0.6) is 0 Å². The van der Waals surface area contributed by atoms with Crippen LogP contribution in [0.2, 0.25) is 0 Å². The van der Waals surface area contributed by atoms with Gasteiger partial charge in [-0.05, 0) is 18.2 Å². The van der Waals surface area contributed by atoms with E-state index in [0.717, 1.165) is 27.4 Å². The summed E-state index contributed by atoms with van der Waals surface area (Å²) in [5.41, 5.74) is 4.24. The smallest absolute Gasteiger partial charge is 0.283 e. The fourth-order valence-electron chi connectivity index (χ4n) is 3.92. The van der Waals surface area contributed by atoms with E-state index in [2.05, 4.69) is 15.1 Å². The lowest BCUT2D eigenvalue weighted by Gasteiger charge is -2.05. The van der Waals surface area contributed by atoms with Crippen molar-refractivity contribution >= 4 is 27.3 Å². The normalized spacial score (nSPS) is 11.4. The Labute approximate surface area is 233 Å². The van der Waals surface area contributed by atoms with Crippen LogP contribution in [-0.4, -0.2) is 39.0 Å². The van der Waals surface area contributed by atoms with Gasteiger partial charge in [0.1, 0.15) is 5.01 Å². The van der Waals surface area contributed by atoms with Crippen LogP contribution >= 0.6 is 11.3 Å².